The van der Waals surface area contributed by atoms with E-state index in [0.29, 0.717) is 6.29 Å². The molecule has 0 aliphatic heterocycles. The standard InChI is InChI=1S/C9H12O3S2/c1-7(2)6-14(11,12)9-5-13-4-8(9)3-10/h3-5,7H,6H2,1-2H3. The maximum absolute atomic E-state index is 11.7. The van der Waals surface area contributed by atoms with Crippen molar-refractivity contribution in [3.05, 3.63) is 16.3 Å². The number of thiophene rings is 1. The zero-order chi connectivity index (χ0) is 10.8. The quantitative estimate of drug-likeness (QED) is 0.746. The lowest BCUT2D eigenvalue weighted by Crippen LogP contribution is -2.12. The van der Waals surface area contributed by atoms with Gasteiger partial charge in [0.2, 0.25) is 0 Å². The Kier molecular flexibility index (Phi) is 3.44. The number of carbonyl (C=O) groups excluding carboxylic acids is 1. The summed E-state index contributed by atoms with van der Waals surface area (Å²) in [5.41, 5.74) is 0.274. The van der Waals surface area contributed by atoms with E-state index in [1.807, 2.05) is 13.8 Å². The van der Waals surface area contributed by atoms with Crippen LogP contribution in [0.25, 0.3) is 0 Å². The van der Waals surface area contributed by atoms with Gasteiger partial charge in [-0.2, -0.15) is 11.3 Å². The molecular weight excluding hydrogens is 220 g/mol. The SMILES string of the molecule is CC(C)CS(=O)(=O)c1cscc1C=O. The first-order valence-electron chi connectivity index (χ1n) is 4.21. The molecule has 0 aromatic carbocycles. The number of carbonyl (C=O) groups is 1. The van der Waals surface area contributed by atoms with Crippen molar-refractivity contribution in [2.45, 2.75) is 18.7 Å². The third-order valence-electron chi connectivity index (χ3n) is 1.67. The van der Waals surface area contributed by atoms with Gasteiger partial charge in [-0.05, 0) is 5.92 Å². The monoisotopic (exact) mass is 232 g/mol. The average molecular weight is 232 g/mol. The van der Waals surface area contributed by atoms with Gasteiger partial charge in [-0.3, -0.25) is 4.79 Å². The van der Waals surface area contributed by atoms with E-state index >= 15 is 0 Å². The number of hydrogen-bond acceptors (Lipinski definition) is 4. The molecule has 1 aromatic rings. The van der Waals surface area contributed by atoms with Crippen molar-refractivity contribution >= 4 is 27.5 Å². The molecule has 3 nitrogen and oxygen atoms in total. The molecule has 0 atom stereocenters. The van der Waals surface area contributed by atoms with Crippen LogP contribution in [0.5, 0.6) is 0 Å². The van der Waals surface area contributed by atoms with Crippen molar-refractivity contribution in [3.63, 3.8) is 0 Å². The van der Waals surface area contributed by atoms with Gasteiger partial charge >= 0.3 is 0 Å². The smallest absolute Gasteiger partial charge is 0.180 e. The van der Waals surface area contributed by atoms with Crippen LogP contribution in [-0.2, 0) is 9.84 Å². The molecule has 1 rings (SSSR count). The lowest BCUT2D eigenvalue weighted by molar-refractivity contribution is 0.112. The molecule has 0 radical (unpaired) electrons. The van der Waals surface area contributed by atoms with Crippen molar-refractivity contribution in [2.75, 3.05) is 5.75 Å². The molecule has 0 amide bonds. The van der Waals surface area contributed by atoms with Gasteiger partial charge in [0.15, 0.2) is 16.1 Å². The molecule has 0 N–H and O–H groups in total. The van der Waals surface area contributed by atoms with Crippen molar-refractivity contribution in [3.8, 4) is 0 Å². The van der Waals surface area contributed by atoms with Crippen LogP contribution in [0.2, 0.25) is 0 Å². The van der Waals surface area contributed by atoms with Gasteiger partial charge in [0.05, 0.1) is 10.6 Å². The highest BCUT2D eigenvalue weighted by molar-refractivity contribution is 7.91. The molecule has 14 heavy (non-hydrogen) atoms. The van der Waals surface area contributed by atoms with E-state index in [-0.39, 0.29) is 22.1 Å². The topological polar surface area (TPSA) is 51.2 Å². The van der Waals surface area contributed by atoms with Gasteiger partial charge in [-0.25, -0.2) is 8.42 Å². The zero-order valence-electron chi connectivity index (χ0n) is 8.06. The van der Waals surface area contributed by atoms with E-state index in [0.717, 1.165) is 0 Å². The summed E-state index contributed by atoms with van der Waals surface area (Å²) in [5.74, 6) is 0.157. The van der Waals surface area contributed by atoms with Crippen LogP contribution < -0.4 is 0 Å². The van der Waals surface area contributed by atoms with Crippen molar-refractivity contribution in [2.24, 2.45) is 5.92 Å². The molecule has 0 spiro atoms. The first kappa shape index (κ1) is 11.4. The second-order valence-electron chi connectivity index (χ2n) is 3.48. The number of aldehydes is 1. The molecule has 1 heterocycles. The summed E-state index contributed by atoms with van der Waals surface area (Å²) in [6.07, 6.45) is 0.587. The Morgan fingerprint density at radius 3 is 2.57 bits per heavy atom. The lowest BCUT2D eigenvalue weighted by atomic mass is 10.3. The number of sulfone groups is 1. The third-order valence-corrected chi connectivity index (χ3v) is 4.71. The van der Waals surface area contributed by atoms with E-state index in [9.17, 15) is 13.2 Å². The Labute approximate surface area is 87.7 Å². The fourth-order valence-electron chi connectivity index (χ4n) is 1.16. The second kappa shape index (κ2) is 4.23. The van der Waals surface area contributed by atoms with Crippen LogP contribution in [0, 0.1) is 5.92 Å². The van der Waals surface area contributed by atoms with Crippen LogP contribution >= 0.6 is 11.3 Å². The summed E-state index contributed by atoms with van der Waals surface area (Å²) in [6.45, 7) is 3.68. The summed E-state index contributed by atoms with van der Waals surface area (Å²) in [5, 5.41) is 3.07. The van der Waals surface area contributed by atoms with Gasteiger partial charge in [0.25, 0.3) is 0 Å². The molecule has 0 saturated carbocycles. The zero-order valence-corrected chi connectivity index (χ0v) is 9.69. The second-order valence-corrected chi connectivity index (χ2v) is 6.23. The van der Waals surface area contributed by atoms with Crippen LogP contribution in [0.1, 0.15) is 24.2 Å². The highest BCUT2D eigenvalue weighted by Crippen LogP contribution is 2.21. The van der Waals surface area contributed by atoms with Crippen LogP contribution in [0.4, 0.5) is 0 Å². The molecule has 0 saturated heterocycles. The molecular formula is C9H12O3S2. The van der Waals surface area contributed by atoms with Crippen molar-refractivity contribution in [1.29, 1.82) is 0 Å². The first-order valence-corrected chi connectivity index (χ1v) is 6.81. The minimum absolute atomic E-state index is 0.0689. The maximum Gasteiger partial charge on any atom is 0.180 e. The summed E-state index contributed by atoms with van der Waals surface area (Å²) in [4.78, 5) is 10.7. The highest BCUT2D eigenvalue weighted by Gasteiger charge is 2.20. The summed E-state index contributed by atoms with van der Waals surface area (Å²) in [6, 6.07) is 0. The molecule has 1 aromatic heterocycles. The Bertz CT molecular complexity index is 415. The van der Waals surface area contributed by atoms with Gasteiger partial charge in [-0.15, -0.1) is 0 Å². The molecule has 0 aliphatic rings. The third kappa shape index (κ3) is 2.42. The molecule has 5 heteroatoms. The molecule has 0 aliphatic carbocycles. The fraction of sp³-hybridized carbons (Fsp3) is 0.444. The lowest BCUT2D eigenvalue weighted by Gasteiger charge is -2.05. The van der Waals surface area contributed by atoms with Gasteiger partial charge in [0, 0.05) is 16.3 Å². The summed E-state index contributed by atoms with van der Waals surface area (Å²) < 4.78 is 23.5. The summed E-state index contributed by atoms with van der Waals surface area (Å²) in [7, 11) is -3.28. The van der Waals surface area contributed by atoms with E-state index < -0.39 is 9.84 Å². The highest BCUT2D eigenvalue weighted by atomic mass is 32.2. The van der Waals surface area contributed by atoms with Gasteiger partial charge < -0.3 is 0 Å². The van der Waals surface area contributed by atoms with Gasteiger partial charge in [-0.1, -0.05) is 13.8 Å². The maximum atomic E-state index is 11.7. The predicted molar refractivity (Wildman–Crippen MR) is 56.6 cm³/mol. The fourth-order valence-corrected chi connectivity index (χ4v) is 4.17. The Morgan fingerprint density at radius 1 is 1.43 bits per heavy atom. The predicted octanol–water partition coefficient (Wildman–Crippen LogP) is 1.99. The largest absolute Gasteiger partial charge is 0.298 e. The van der Waals surface area contributed by atoms with Crippen molar-refractivity contribution < 1.29 is 13.2 Å². The number of rotatable bonds is 4. The minimum Gasteiger partial charge on any atom is -0.298 e. The van der Waals surface area contributed by atoms with E-state index in [4.69, 9.17) is 0 Å². The van der Waals surface area contributed by atoms with E-state index in [1.165, 1.54) is 16.7 Å². The normalized spacial score (nSPS) is 11.9. The Balaban J connectivity index is 3.10. The molecule has 0 unspecified atom stereocenters. The minimum atomic E-state index is -3.28. The van der Waals surface area contributed by atoms with E-state index in [1.54, 1.807) is 5.38 Å². The van der Waals surface area contributed by atoms with Crippen LogP contribution in [0.15, 0.2) is 15.7 Å². The first-order chi connectivity index (χ1) is 6.47. The van der Waals surface area contributed by atoms with Gasteiger partial charge in [0.1, 0.15) is 0 Å². The molecule has 0 fully saturated rings. The van der Waals surface area contributed by atoms with Crippen LogP contribution in [0.3, 0.4) is 0 Å². The van der Waals surface area contributed by atoms with E-state index in [2.05, 4.69) is 0 Å². The Hall–Kier alpha value is -0.680. The Morgan fingerprint density at radius 2 is 2.07 bits per heavy atom. The van der Waals surface area contributed by atoms with Crippen molar-refractivity contribution in [1.82, 2.24) is 0 Å². The molecule has 78 valence electrons. The summed E-state index contributed by atoms with van der Waals surface area (Å²) >= 11 is 1.23. The average Bonchev–Trinajstić information content (AvgIpc) is 2.48. The number of hydrogen-bond donors (Lipinski definition) is 0. The molecule has 0 bridgehead atoms. The van der Waals surface area contributed by atoms with Crippen LogP contribution in [-0.4, -0.2) is 20.5 Å².